The van der Waals surface area contributed by atoms with Gasteiger partial charge in [0.05, 0.1) is 11.2 Å². The number of carbonyl (C=O) groups is 1. The number of aromatic nitrogens is 1. The Morgan fingerprint density at radius 1 is 1.30 bits per heavy atom. The third-order valence-electron chi connectivity index (χ3n) is 5.76. The van der Waals surface area contributed by atoms with E-state index in [0.29, 0.717) is 13.0 Å². The number of urea groups is 1. The molecule has 1 atom stereocenters. The van der Waals surface area contributed by atoms with Gasteiger partial charge in [-0.2, -0.15) is 0 Å². The Morgan fingerprint density at radius 3 is 2.93 bits per heavy atom. The molecule has 2 amide bonds. The number of rotatable bonds is 5. The Bertz CT molecular complexity index is 821. The van der Waals surface area contributed by atoms with Crippen molar-refractivity contribution in [1.29, 1.82) is 0 Å². The first-order chi connectivity index (χ1) is 13.2. The first kappa shape index (κ1) is 18.2. The van der Waals surface area contributed by atoms with Crippen molar-refractivity contribution in [3.8, 4) is 0 Å². The summed E-state index contributed by atoms with van der Waals surface area (Å²) in [5.41, 5.74) is 2.82. The molecule has 1 aromatic carbocycles. The second-order valence-corrected chi connectivity index (χ2v) is 7.81. The molecule has 1 aromatic heterocycles. The number of amides is 2. The smallest absolute Gasteiger partial charge is 0.321 e. The molecule has 27 heavy (non-hydrogen) atoms. The van der Waals surface area contributed by atoms with Gasteiger partial charge in [-0.05, 0) is 55.9 Å². The molecule has 2 aliphatic rings. The van der Waals surface area contributed by atoms with Crippen LogP contribution in [0.3, 0.4) is 0 Å². The fourth-order valence-electron chi connectivity index (χ4n) is 3.99. The Balaban J connectivity index is 1.46. The largest absolute Gasteiger partial charge is 0.396 e. The van der Waals surface area contributed by atoms with Crippen molar-refractivity contribution in [1.82, 2.24) is 14.8 Å². The van der Waals surface area contributed by atoms with Crippen LogP contribution in [-0.4, -0.2) is 64.7 Å². The van der Waals surface area contributed by atoms with Crippen LogP contribution in [0.1, 0.15) is 24.8 Å². The van der Waals surface area contributed by atoms with Gasteiger partial charge in [-0.1, -0.05) is 6.07 Å². The minimum absolute atomic E-state index is 0.0713. The van der Waals surface area contributed by atoms with E-state index >= 15 is 0 Å². The SMILES string of the molecule is Cc1ccc(NC(=O)N2CCN(CC3CC3)[C@@H](CCO)C2)c2cccnc12. The molecule has 0 bridgehead atoms. The molecule has 1 aliphatic carbocycles. The summed E-state index contributed by atoms with van der Waals surface area (Å²) < 4.78 is 0. The molecule has 2 fully saturated rings. The number of carbonyl (C=O) groups excluding carboxylic acids is 1. The number of anilines is 1. The summed E-state index contributed by atoms with van der Waals surface area (Å²) in [7, 11) is 0. The van der Waals surface area contributed by atoms with Gasteiger partial charge in [-0.3, -0.25) is 9.88 Å². The summed E-state index contributed by atoms with van der Waals surface area (Å²) in [5.74, 6) is 0.818. The Labute approximate surface area is 160 Å². The minimum Gasteiger partial charge on any atom is -0.396 e. The number of aliphatic hydroxyl groups is 1. The minimum atomic E-state index is -0.0713. The van der Waals surface area contributed by atoms with Crippen molar-refractivity contribution >= 4 is 22.6 Å². The first-order valence-corrected chi connectivity index (χ1v) is 9.91. The molecule has 0 unspecified atom stereocenters. The van der Waals surface area contributed by atoms with Crippen LogP contribution in [0.5, 0.6) is 0 Å². The van der Waals surface area contributed by atoms with Gasteiger partial charge in [0, 0.05) is 50.4 Å². The van der Waals surface area contributed by atoms with E-state index < -0.39 is 0 Å². The number of hydrogen-bond donors (Lipinski definition) is 2. The van der Waals surface area contributed by atoms with E-state index in [-0.39, 0.29) is 18.7 Å². The molecule has 1 saturated heterocycles. The van der Waals surface area contributed by atoms with Gasteiger partial charge in [0.15, 0.2) is 0 Å². The summed E-state index contributed by atoms with van der Waals surface area (Å²) in [5, 5.41) is 13.5. The molecule has 2 heterocycles. The standard InChI is InChI=1S/C21H28N4O2/c1-15-4-7-19(18-3-2-9-22-20(15)18)23-21(27)25-11-10-24(13-16-5-6-16)17(14-25)8-12-26/h2-4,7,9,16-17,26H,5-6,8,10-14H2,1H3,(H,23,27)/t17-/m0/s1. The third-order valence-corrected chi connectivity index (χ3v) is 5.76. The number of nitrogens with zero attached hydrogens (tertiary/aromatic N) is 3. The van der Waals surface area contributed by atoms with Crippen molar-refractivity contribution in [2.24, 2.45) is 5.92 Å². The van der Waals surface area contributed by atoms with Crippen molar-refractivity contribution in [2.45, 2.75) is 32.2 Å². The molecular weight excluding hydrogens is 340 g/mol. The summed E-state index contributed by atoms with van der Waals surface area (Å²) in [6.07, 6.45) is 5.13. The molecule has 6 nitrogen and oxygen atoms in total. The summed E-state index contributed by atoms with van der Waals surface area (Å²) >= 11 is 0. The number of nitrogens with one attached hydrogen (secondary N) is 1. The molecule has 0 spiro atoms. The maximum absolute atomic E-state index is 12.9. The number of aliphatic hydroxyl groups excluding tert-OH is 1. The van der Waals surface area contributed by atoms with Crippen molar-refractivity contribution in [3.63, 3.8) is 0 Å². The van der Waals surface area contributed by atoms with Crippen LogP contribution in [0.4, 0.5) is 10.5 Å². The highest BCUT2D eigenvalue weighted by molar-refractivity contribution is 6.01. The molecule has 6 heteroatoms. The highest BCUT2D eigenvalue weighted by Gasteiger charge is 2.33. The quantitative estimate of drug-likeness (QED) is 0.852. The molecule has 4 rings (SSSR count). The van der Waals surface area contributed by atoms with Gasteiger partial charge in [0.2, 0.25) is 0 Å². The normalized spacial score (nSPS) is 20.8. The van der Waals surface area contributed by atoms with Gasteiger partial charge >= 0.3 is 6.03 Å². The average Bonchev–Trinajstić information content (AvgIpc) is 3.50. The lowest BCUT2D eigenvalue weighted by atomic mass is 10.1. The zero-order valence-corrected chi connectivity index (χ0v) is 15.9. The second-order valence-electron chi connectivity index (χ2n) is 7.81. The van der Waals surface area contributed by atoms with E-state index in [1.54, 1.807) is 6.20 Å². The van der Waals surface area contributed by atoms with E-state index in [1.165, 1.54) is 12.8 Å². The molecule has 2 aromatic rings. The molecule has 0 radical (unpaired) electrons. The Hall–Kier alpha value is -2.18. The van der Waals surface area contributed by atoms with Crippen molar-refractivity contribution in [3.05, 3.63) is 36.0 Å². The van der Waals surface area contributed by atoms with Crippen LogP contribution >= 0.6 is 0 Å². The van der Waals surface area contributed by atoms with Gasteiger partial charge in [0.25, 0.3) is 0 Å². The first-order valence-electron chi connectivity index (χ1n) is 9.91. The fourth-order valence-corrected chi connectivity index (χ4v) is 3.99. The monoisotopic (exact) mass is 368 g/mol. The summed E-state index contributed by atoms with van der Waals surface area (Å²) in [6.45, 7) is 5.57. The van der Waals surface area contributed by atoms with Gasteiger partial charge < -0.3 is 15.3 Å². The zero-order valence-electron chi connectivity index (χ0n) is 15.9. The highest BCUT2D eigenvalue weighted by Crippen LogP contribution is 2.31. The number of aryl methyl sites for hydroxylation is 1. The highest BCUT2D eigenvalue weighted by atomic mass is 16.3. The molecular formula is C21H28N4O2. The fraction of sp³-hybridized carbons (Fsp3) is 0.524. The lowest BCUT2D eigenvalue weighted by Crippen LogP contribution is -2.56. The molecule has 2 N–H and O–H groups in total. The van der Waals surface area contributed by atoms with Crippen molar-refractivity contribution < 1.29 is 9.90 Å². The average molecular weight is 368 g/mol. The van der Waals surface area contributed by atoms with Crippen LogP contribution in [0.25, 0.3) is 10.9 Å². The number of piperazine rings is 1. The van der Waals surface area contributed by atoms with E-state index in [0.717, 1.165) is 47.7 Å². The summed E-state index contributed by atoms with van der Waals surface area (Å²) in [6, 6.07) is 8.00. The van der Waals surface area contributed by atoms with Gasteiger partial charge in [-0.15, -0.1) is 0 Å². The van der Waals surface area contributed by atoms with E-state index in [2.05, 4.69) is 15.2 Å². The van der Waals surface area contributed by atoms with Crippen molar-refractivity contribution in [2.75, 3.05) is 38.1 Å². The van der Waals surface area contributed by atoms with E-state index in [9.17, 15) is 9.90 Å². The lowest BCUT2D eigenvalue weighted by molar-refractivity contribution is 0.0739. The van der Waals surface area contributed by atoms with Crippen LogP contribution in [0, 0.1) is 12.8 Å². The Morgan fingerprint density at radius 2 is 2.15 bits per heavy atom. The third kappa shape index (κ3) is 4.06. The van der Waals surface area contributed by atoms with Crippen LogP contribution in [0.15, 0.2) is 30.5 Å². The second kappa shape index (κ2) is 7.82. The number of fused-ring (bicyclic) bond motifs is 1. The van der Waals surface area contributed by atoms with Gasteiger partial charge in [0.1, 0.15) is 0 Å². The van der Waals surface area contributed by atoms with Gasteiger partial charge in [-0.25, -0.2) is 4.79 Å². The topological polar surface area (TPSA) is 68.7 Å². The van der Waals surface area contributed by atoms with Crippen LogP contribution in [0.2, 0.25) is 0 Å². The number of benzene rings is 1. The van der Waals surface area contributed by atoms with E-state index in [1.807, 2.05) is 36.1 Å². The predicted octanol–water partition coefficient (Wildman–Crippen LogP) is 2.85. The predicted molar refractivity (Wildman–Crippen MR) is 107 cm³/mol. The maximum Gasteiger partial charge on any atom is 0.321 e. The molecule has 1 aliphatic heterocycles. The number of pyridine rings is 1. The zero-order chi connectivity index (χ0) is 18.8. The Kier molecular flexibility index (Phi) is 5.27. The van der Waals surface area contributed by atoms with Crippen LogP contribution < -0.4 is 5.32 Å². The van der Waals surface area contributed by atoms with Crippen LogP contribution in [-0.2, 0) is 0 Å². The number of hydrogen-bond acceptors (Lipinski definition) is 4. The molecule has 144 valence electrons. The summed E-state index contributed by atoms with van der Waals surface area (Å²) in [4.78, 5) is 21.7. The lowest BCUT2D eigenvalue weighted by Gasteiger charge is -2.41. The molecule has 1 saturated carbocycles. The maximum atomic E-state index is 12.9. The van der Waals surface area contributed by atoms with E-state index in [4.69, 9.17) is 0 Å².